The maximum atomic E-state index is 12.6. The highest BCUT2D eigenvalue weighted by atomic mass is 16.5. The number of aryl methyl sites for hydroxylation is 1. The average molecular weight is 378 g/mol. The Kier molecular flexibility index (Phi) is 5.21. The van der Waals surface area contributed by atoms with Crippen molar-refractivity contribution in [2.75, 3.05) is 13.1 Å². The Morgan fingerprint density at radius 3 is 2.79 bits per heavy atom. The molecule has 28 heavy (non-hydrogen) atoms. The number of hydrogen-bond donors (Lipinski definition) is 0. The van der Waals surface area contributed by atoms with E-state index in [0.717, 1.165) is 42.4 Å². The maximum absolute atomic E-state index is 12.6. The van der Waals surface area contributed by atoms with E-state index in [1.54, 1.807) is 24.4 Å². The van der Waals surface area contributed by atoms with Gasteiger partial charge in [-0.25, -0.2) is 9.59 Å². The van der Waals surface area contributed by atoms with Crippen LogP contribution >= 0.6 is 0 Å². The number of piperidine rings is 1. The van der Waals surface area contributed by atoms with E-state index in [1.807, 2.05) is 13.0 Å². The molecule has 1 aliphatic rings. The first-order chi connectivity index (χ1) is 13.6. The number of pyridine rings is 1. The van der Waals surface area contributed by atoms with Crippen molar-refractivity contribution in [3.05, 3.63) is 69.8 Å². The summed E-state index contributed by atoms with van der Waals surface area (Å²) < 4.78 is 11.3. The lowest BCUT2D eigenvalue weighted by Crippen LogP contribution is -2.29. The summed E-state index contributed by atoms with van der Waals surface area (Å²) in [6, 6.07) is 8.44. The number of benzene rings is 1. The van der Waals surface area contributed by atoms with Gasteiger partial charge in [0.25, 0.3) is 0 Å². The fraction of sp³-hybridized carbons (Fsp3) is 0.318. The lowest BCUT2D eigenvalue weighted by Gasteiger charge is -2.27. The van der Waals surface area contributed by atoms with Gasteiger partial charge in [0, 0.05) is 30.4 Å². The standard InChI is InChI=1S/C22H22N2O4/c1-15-12-20(25)28-21-17(15)7-8-19(18(21)14-24-10-3-2-4-11-24)27-22(26)16-6-5-9-23-13-16/h5-9,12-13H,2-4,10-11,14H2,1H3. The second-order valence-corrected chi connectivity index (χ2v) is 7.14. The lowest BCUT2D eigenvalue weighted by molar-refractivity contribution is 0.0731. The number of nitrogens with zero attached hydrogens (tertiary/aromatic N) is 2. The summed E-state index contributed by atoms with van der Waals surface area (Å²) in [6.07, 6.45) is 6.57. The largest absolute Gasteiger partial charge is 0.422 e. The highest BCUT2D eigenvalue weighted by Gasteiger charge is 2.20. The number of hydrogen-bond acceptors (Lipinski definition) is 6. The molecule has 2 aromatic heterocycles. The summed E-state index contributed by atoms with van der Waals surface area (Å²) in [6.45, 7) is 4.40. The van der Waals surface area contributed by atoms with Gasteiger partial charge >= 0.3 is 11.6 Å². The Labute approximate surface area is 162 Å². The van der Waals surface area contributed by atoms with Crippen LogP contribution in [0, 0.1) is 6.92 Å². The van der Waals surface area contributed by atoms with E-state index in [-0.39, 0.29) is 0 Å². The Morgan fingerprint density at radius 1 is 1.21 bits per heavy atom. The number of carbonyl (C=O) groups is 1. The molecule has 0 aliphatic carbocycles. The number of ether oxygens (including phenoxy) is 1. The minimum absolute atomic E-state index is 0.372. The normalized spacial score (nSPS) is 14.9. The zero-order chi connectivity index (χ0) is 19.5. The molecule has 0 atom stereocenters. The van der Waals surface area contributed by atoms with Crippen LogP contribution in [0.5, 0.6) is 5.75 Å². The van der Waals surface area contributed by atoms with Crippen LogP contribution in [-0.4, -0.2) is 28.9 Å². The molecule has 1 fully saturated rings. The Morgan fingerprint density at radius 2 is 2.04 bits per heavy atom. The van der Waals surface area contributed by atoms with E-state index in [9.17, 15) is 9.59 Å². The molecule has 1 saturated heterocycles. The number of fused-ring (bicyclic) bond motifs is 1. The topological polar surface area (TPSA) is 72.6 Å². The third-order valence-corrected chi connectivity index (χ3v) is 5.11. The van der Waals surface area contributed by atoms with E-state index >= 15 is 0 Å². The third kappa shape index (κ3) is 3.82. The quantitative estimate of drug-likeness (QED) is 0.392. The van der Waals surface area contributed by atoms with Crippen LogP contribution in [0.25, 0.3) is 11.0 Å². The molecule has 0 unspecified atom stereocenters. The van der Waals surface area contributed by atoms with Crippen molar-refractivity contribution in [2.24, 2.45) is 0 Å². The van der Waals surface area contributed by atoms with Crippen LogP contribution in [-0.2, 0) is 6.54 Å². The summed E-state index contributed by atoms with van der Waals surface area (Å²) in [5.74, 6) is -0.0666. The van der Waals surface area contributed by atoms with Gasteiger partial charge in [0.2, 0.25) is 0 Å². The van der Waals surface area contributed by atoms with Gasteiger partial charge in [-0.15, -0.1) is 0 Å². The second kappa shape index (κ2) is 7.94. The van der Waals surface area contributed by atoms with Crippen molar-refractivity contribution in [1.82, 2.24) is 9.88 Å². The van der Waals surface area contributed by atoms with E-state index < -0.39 is 11.6 Å². The molecule has 0 N–H and O–H groups in total. The molecule has 0 bridgehead atoms. The molecule has 0 spiro atoms. The highest BCUT2D eigenvalue weighted by Crippen LogP contribution is 2.31. The van der Waals surface area contributed by atoms with Crippen molar-refractivity contribution in [2.45, 2.75) is 32.7 Å². The van der Waals surface area contributed by atoms with E-state index in [0.29, 0.717) is 23.4 Å². The Bertz CT molecular complexity index is 1050. The molecular formula is C22H22N2O4. The number of likely N-dealkylation sites (tertiary alicyclic amines) is 1. The van der Waals surface area contributed by atoms with Gasteiger partial charge in [-0.1, -0.05) is 6.42 Å². The summed E-state index contributed by atoms with van der Waals surface area (Å²) >= 11 is 0. The van der Waals surface area contributed by atoms with Crippen molar-refractivity contribution in [3.8, 4) is 5.75 Å². The van der Waals surface area contributed by atoms with Crippen LogP contribution in [0.1, 0.15) is 40.7 Å². The smallest absolute Gasteiger partial charge is 0.345 e. The fourth-order valence-electron chi connectivity index (χ4n) is 3.65. The van der Waals surface area contributed by atoms with Crippen molar-refractivity contribution >= 4 is 16.9 Å². The molecule has 6 heteroatoms. The van der Waals surface area contributed by atoms with Gasteiger partial charge in [0.1, 0.15) is 11.3 Å². The van der Waals surface area contributed by atoms with Gasteiger partial charge in [0.15, 0.2) is 0 Å². The molecule has 144 valence electrons. The minimum Gasteiger partial charge on any atom is -0.422 e. The van der Waals surface area contributed by atoms with E-state index in [4.69, 9.17) is 9.15 Å². The van der Waals surface area contributed by atoms with Crippen molar-refractivity contribution < 1.29 is 13.9 Å². The van der Waals surface area contributed by atoms with Gasteiger partial charge in [-0.3, -0.25) is 9.88 Å². The molecule has 0 saturated carbocycles. The number of esters is 1. The van der Waals surface area contributed by atoms with Crippen LogP contribution in [0.4, 0.5) is 0 Å². The number of rotatable bonds is 4. The molecule has 6 nitrogen and oxygen atoms in total. The summed E-state index contributed by atoms with van der Waals surface area (Å²) in [5.41, 5.74) is 2.04. The fourth-order valence-corrected chi connectivity index (χ4v) is 3.65. The molecule has 0 radical (unpaired) electrons. The predicted octanol–water partition coefficient (Wildman–Crippen LogP) is 3.70. The number of aromatic nitrogens is 1. The average Bonchev–Trinajstić information content (AvgIpc) is 2.71. The maximum Gasteiger partial charge on any atom is 0.345 e. The van der Waals surface area contributed by atoms with E-state index in [1.165, 1.54) is 18.7 Å². The zero-order valence-electron chi connectivity index (χ0n) is 15.8. The molecule has 3 heterocycles. The second-order valence-electron chi connectivity index (χ2n) is 7.14. The Hall–Kier alpha value is -2.99. The van der Waals surface area contributed by atoms with Crippen LogP contribution in [0.15, 0.2) is 51.9 Å². The van der Waals surface area contributed by atoms with Crippen LogP contribution in [0.3, 0.4) is 0 Å². The summed E-state index contributed by atoms with van der Waals surface area (Å²) in [5, 5.41) is 0.854. The Balaban J connectivity index is 1.77. The van der Waals surface area contributed by atoms with Crippen LogP contribution in [0.2, 0.25) is 0 Å². The van der Waals surface area contributed by atoms with Crippen LogP contribution < -0.4 is 10.4 Å². The zero-order valence-corrected chi connectivity index (χ0v) is 15.8. The predicted molar refractivity (Wildman–Crippen MR) is 106 cm³/mol. The summed E-state index contributed by atoms with van der Waals surface area (Å²) in [4.78, 5) is 30.8. The van der Waals surface area contributed by atoms with Gasteiger partial charge in [-0.2, -0.15) is 0 Å². The first-order valence-electron chi connectivity index (χ1n) is 9.53. The van der Waals surface area contributed by atoms with Crippen molar-refractivity contribution in [3.63, 3.8) is 0 Å². The highest BCUT2D eigenvalue weighted by molar-refractivity contribution is 5.92. The van der Waals surface area contributed by atoms with Crippen molar-refractivity contribution in [1.29, 1.82) is 0 Å². The third-order valence-electron chi connectivity index (χ3n) is 5.11. The molecule has 1 aromatic carbocycles. The van der Waals surface area contributed by atoms with Gasteiger partial charge < -0.3 is 9.15 Å². The SMILES string of the molecule is Cc1cc(=O)oc2c(CN3CCCCC3)c(OC(=O)c3cccnc3)ccc12. The summed E-state index contributed by atoms with van der Waals surface area (Å²) in [7, 11) is 0. The van der Waals surface area contributed by atoms with E-state index in [2.05, 4.69) is 9.88 Å². The first kappa shape index (κ1) is 18.4. The first-order valence-corrected chi connectivity index (χ1v) is 9.53. The minimum atomic E-state index is -0.484. The molecular weight excluding hydrogens is 356 g/mol. The number of carbonyl (C=O) groups excluding carboxylic acids is 1. The molecule has 1 aliphatic heterocycles. The van der Waals surface area contributed by atoms with Gasteiger partial charge in [0.05, 0.1) is 11.1 Å². The molecule has 4 rings (SSSR count). The molecule has 0 amide bonds. The monoisotopic (exact) mass is 378 g/mol. The lowest BCUT2D eigenvalue weighted by atomic mass is 10.0. The molecule has 3 aromatic rings. The van der Waals surface area contributed by atoms with Gasteiger partial charge in [-0.05, 0) is 62.7 Å².